The lowest BCUT2D eigenvalue weighted by Crippen LogP contribution is -2.48. The summed E-state index contributed by atoms with van der Waals surface area (Å²) in [6, 6.07) is 2.91. The van der Waals surface area contributed by atoms with E-state index in [1.54, 1.807) is 6.07 Å². The quantitative estimate of drug-likeness (QED) is 0.287. The first kappa shape index (κ1) is 25.0. The molecule has 29 heavy (non-hydrogen) atoms. The Morgan fingerprint density at radius 3 is 2.48 bits per heavy atom. The van der Waals surface area contributed by atoms with Crippen molar-refractivity contribution >= 4 is 35.8 Å². The summed E-state index contributed by atoms with van der Waals surface area (Å²) in [5, 5.41) is 8.74. The summed E-state index contributed by atoms with van der Waals surface area (Å²) in [7, 11) is 0. The number of hydrogen-bond donors (Lipinski definition) is 3. The second-order valence-corrected chi connectivity index (χ2v) is 7.04. The molecule has 1 aliphatic heterocycles. The molecule has 0 aromatic heterocycles. The highest BCUT2D eigenvalue weighted by atomic mass is 127. The number of hydrogen-bond acceptors (Lipinski definition) is 5. The lowest BCUT2D eigenvalue weighted by molar-refractivity contribution is -0.121. The Balaban J connectivity index is 0.00000420. The number of aliphatic imine (C=N–C) groups is 1. The highest BCUT2D eigenvalue weighted by Gasteiger charge is 2.20. The van der Waals surface area contributed by atoms with Crippen molar-refractivity contribution in [3.63, 3.8) is 0 Å². The molecule has 0 aliphatic carbocycles. The van der Waals surface area contributed by atoms with Gasteiger partial charge in [0.25, 0.3) is 0 Å². The zero-order valence-electron chi connectivity index (χ0n) is 16.8. The molecule has 1 aliphatic rings. The third kappa shape index (κ3) is 8.46. The summed E-state index contributed by atoms with van der Waals surface area (Å²) in [5.41, 5.74) is 0.0586. The van der Waals surface area contributed by atoms with Gasteiger partial charge < -0.3 is 30.2 Å². The fraction of sp³-hybridized carbons (Fsp3) is 0.556. The van der Waals surface area contributed by atoms with Crippen molar-refractivity contribution in [3.8, 4) is 17.2 Å². The van der Waals surface area contributed by atoms with Crippen molar-refractivity contribution in [1.29, 1.82) is 0 Å². The van der Waals surface area contributed by atoms with Gasteiger partial charge in [0.2, 0.25) is 12.7 Å². The first-order valence-electron chi connectivity index (χ1n) is 8.88. The van der Waals surface area contributed by atoms with Crippen LogP contribution in [0.2, 0.25) is 0 Å². The van der Waals surface area contributed by atoms with E-state index in [1.807, 2.05) is 27.7 Å². The number of fused-ring (bicyclic) bond motifs is 1. The van der Waals surface area contributed by atoms with E-state index >= 15 is 0 Å². The third-order valence-electron chi connectivity index (χ3n) is 3.45. The number of amides is 1. The van der Waals surface area contributed by atoms with E-state index in [0.29, 0.717) is 29.6 Å². The SMILES string of the molecule is CCNC(=NCc1cc2c(cc1OC(F)F)OCO2)NCC(=O)NC(C)(C)C.I. The zero-order valence-corrected chi connectivity index (χ0v) is 19.1. The van der Waals surface area contributed by atoms with Crippen LogP contribution in [0.4, 0.5) is 8.78 Å². The molecular formula is C18H27F2IN4O4. The maximum atomic E-state index is 12.7. The molecule has 1 heterocycles. The molecule has 0 saturated heterocycles. The lowest BCUT2D eigenvalue weighted by Gasteiger charge is -2.21. The molecule has 3 N–H and O–H groups in total. The topological polar surface area (TPSA) is 93.2 Å². The summed E-state index contributed by atoms with van der Waals surface area (Å²) >= 11 is 0. The molecule has 0 radical (unpaired) electrons. The molecule has 1 aromatic rings. The second kappa shape index (κ2) is 11.2. The van der Waals surface area contributed by atoms with Crippen molar-refractivity contribution < 1.29 is 27.8 Å². The average Bonchev–Trinajstić information content (AvgIpc) is 3.02. The number of halogens is 3. The number of rotatable bonds is 7. The van der Waals surface area contributed by atoms with E-state index in [4.69, 9.17) is 9.47 Å². The van der Waals surface area contributed by atoms with Gasteiger partial charge in [-0.05, 0) is 33.8 Å². The Hall–Kier alpha value is -2.05. The van der Waals surface area contributed by atoms with Gasteiger partial charge in [0.1, 0.15) is 5.75 Å². The normalized spacial score (nSPS) is 13.0. The predicted molar refractivity (Wildman–Crippen MR) is 115 cm³/mol. The van der Waals surface area contributed by atoms with Crippen LogP contribution in [0.3, 0.4) is 0 Å². The molecule has 2 rings (SSSR count). The molecule has 0 atom stereocenters. The van der Waals surface area contributed by atoms with Gasteiger partial charge in [-0.3, -0.25) is 4.79 Å². The highest BCUT2D eigenvalue weighted by molar-refractivity contribution is 14.0. The van der Waals surface area contributed by atoms with Crippen LogP contribution in [0.15, 0.2) is 17.1 Å². The number of carbonyl (C=O) groups is 1. The highest BCUT2D eigenvalue weighted by Crippen LogP contribution is 2.38. The fourth-order valence-corrected chi connectivity index (χ4v) is 2.43. The predicted octanol–water partition coefficient (Wildman–Crippen LogP) is 2.60. The molecule has 164 valence electrons. The minimum atomic E-state index is -2.98. The van der Waals surface area contributed by atoms with Crippen molar-refractivity contribution in [3.05, 3.63) is 17.7 Å². The van der Waals surface area contributed by atoms with Crippen molar-refractivity contribution in [2.75, 3.05) is 19.9 Å². The van der Waals surface area contributed by atoms with E-state index in [1.165, 1.54) is 6.07 Å². The smallest absolute Gasteiger partial charge is 0.387 e. The Morgan fingerprint density at radius 1 is 1.24 bits per heavy atom. The fourth-order valence-electron chi connectivity index (χ4n) is 2.43. The number of guanidine groups is 1. The maximum Gasteiger partial charge on any atom is 0.387 e. The Bertz CT molecular complexity index is 727. The standard InChI is InChI=1S/C18H26F2N4O4.HI/c1-5-21-17(23-9-15(25)24-18(2,3)4)22-8-11-6-13-14(27-10-26-13)7-12(11)28-16(19)20;/h6-7,16H,5,8-10H2,1-4H3,(H,24,25)(H2,21,22,23);1H. The van der Waals surface area contributed by atoms with E-state index in [2.05, 4.69) is 25.7 Å². The Morgan fingerprint density at radius 2 is 1.90 bits per heavy atom. The third-order valence-corrected chi connectivity index (χ3v) is 3.45. The summed E-state index contributed by atoms with van der Waals surface area (Å²) < 4.78 is 40.5. The summed E-state index contributed by atoms with van der Waals surface area (Å²) in [6.07, 6.45) is 0. The van der Waals surface area contributed by atoms with Gasteiger partial charge in [-0.2, -0.15) is 8.78 Å². The maximum absolute atomic E-state index is 12.7. The van der Waals surface area contributed by atoms with Crippen LogP contribution in [-0.2, 0) is 11.3 Å². The van der Waals surface area contributed by atoms with Crippen LogP contribution in [-0.4, -0.2) is 43.9 Å². The molecule has 0 spiro atoms. The van der Waals surface area contributed by atoms with Crippen LogP contribution >= 0.6 is 24.0 Å². The number of nitrogens with zero attached hydrogens (tertiary/aromatic N) is 1. The van der Waals surface area contributed by atoms with Gasteiger partial charge >= 0.3 is 6.61 Å². The monoisotopic (exact) mass is 528 g/mol. The van der Waals surface area contributed by atoms with E-state index in [0.717, 1.165) is 0 Å². The molecule has 8 nitrogen and oxygen atoms in total. The zero-order chi connectivity index (χ0) is 20.7. The van der Waals surface area contributed by atoms with Gasteiger partial charge in [0, 0.05) is 23.7 Å². The molecule has 0 fully saturated rings. The first-order chi connectivity index (χ1) is 13.2. The molecular weight excluding hydrogens is 501 g/mol. The molecule has 1 aromatic carbocycles. The van der Waals surface area contributed by atoms with Crippen molar-refractivity contribution in [1.82, 2.24) is 16.0 Å². The Kier molecular flexibility index (Phi) is 9.66. The lowest BCUT2D eigenvalue weighted by atomic mass is 10.1. The van der Waals surface area contributed by atoms with Crippen LogP contribution in [0, 0.1) is 0 Å². The molecule has 0 bridgehead atoms. The molecule has 0 saturated carbocycles. The average molecular weight is 528 g/mol. The number of nitrogens with one attached hydrogen (secondary N) is 3. The van der Waals surface area contributed by atoms with E-state index in [9.17, 15) is 13.6 Å². The van der Waals surface area contributed by atoms with Gasteiger partial charge in [-0.15, -0.1) is 24.0 Å². The Labute approximate surface area is 185 Å². The van der Waals surface area contributed by atoms with Crippen LogP contribution < -0.4 is 30.2 Å². The second-order valence-electron chi connectivity index (χ2n) is 7.04. The molecule has 1 amide bonds. The van der Waals surface area contributed by atoms with Gasteiger partial charge in [0.15, 0.2) is 17.5 Å². The van der Waals surface area contributed by atoms with E-state index < -0.39 is 6.61 Å². The van der Waals surface area contributed by atoms with Crippen molar-refractivity contribution in [2.24, 2.45) is 4.99 Å². The summed E-state index contributed by atoms with van der Waals surface area (Å²) in [6.45, 7) is 5.18. The van der Waals surface area contributed by atoms with E-state index in [-0.39, 0.29) is 61.1 Å². The van der Waals surface area contributed by atoms with Crippen LogP contribution in [0.5, 0.6) is 17.2 Å². The number of benzene rings is 1. The van der Waals surface area contributed by atoms with Crippen LogP contribution in [0.25, 0.3) is 0 Å². The van der Waals surface area contributed by atoms with Crippen LogP contribution in [0.1, 0.15) is 33.3 Å². The minimum absolute atomic E-state index is 0. The van der Waals surface area contributed by atoms with Crippen molar-refractivity contribution in [2.45, 2.75) is 46.4 Å². The summed E-state index contributed by atoms with van der Waals surface area (Å²) in [4.78, 5) is 16.3. The molecule has 11 heteroatoms. The molecule has 0 unspecified atom stereocenters. The minimum Gasteiger partial charge on any atom is -0.454 e. The van der Waals surface area contributed by atoms with Gasteiger partial charge in [-0.25, -0.2) is 4.99 Å². The first-order valence-corrected chi connectivity index (χ1v) is 8.88. The number of carbonyl (C=O) groups excluding carboxylic acids is 1. The summed E-state index contributed by atoms with van der Waals surface area (Å²) in [5.74, 6) is 0.918. The van der Waals surface area contributed by atoms with Gasteiger partial charge in [-0.1, -0.05) is 0 Å². The van der Waals surface area contributed by atoms with Gasteiger partial charge in [0.05, 0.1) is 13.1 Å². The number of alkyl halides is 2. The number of ether oxygens (including phenoxy) is 3. The largest absolute Gasteiger partial charge is 0.454 e.